The topological polar surface area (TPSA) is 105 Å². The van der Waals surface area contributed by atoms with Crippen molar-refractivity contribution in [2.45, 2.75) is 32.6 Å². The minimum absolute atomic E-state index is 0.0621. The monoisotopic (exact) mass is 353 g/mol. The molecular weight excluding hydrogens is 334 g/mol. The van der Waals surface area contributed by atoms with Gasteiger partial charge in [0.25, 0.3) is 11.6 Å². The first-order valence-electron chi connectivity index (χ1n) is 8.61. The third-order valence-electron chi connectivity index (χ3n) is 4.82. The molecule has 1 atom stereocenters. The van der Waals surface area contributed by atoms with Crippen molar-refractivity contribution in [2.24, 2.45) is 0 Å². The molecule has 26 heavy (non-hydrogen) atoms. The van der Waals surface area contributed by atoms with Crippen LogP contribution in [0.5, 0.6) is 0 Å². The van der Waals surface area contributed by atoms with E-state index in [1.807, 2.05) is 11.8 Å². The van der Waals surface area contributed by atoms with Gasteiger partial charge in [0.1, 0.15) is 0 Å². The third kappa shape index (κ3) is 2.87. The maximum atomic E-state index is 13.2. The summed E-state index contributed by atoms with van der Waals surface area (Å²) in [5.74, 6) is 0.0262. The summed E-state index contributed by atoms with van der Waals surface area (Å²) >= 11 is 0. The van der Waals surface area contributed by atoms with Gasteiger partial charge in [0.15, 0.2) is 0 Å². The summed E-state index contributed by atoms with van der Waals surface area (Å²) in [6.45, 7) is 4.86. The lowest BCUT2D eigenvalue weighted by Gasteiger charge is -2.32. The Bertz CT molecular complexity index is 1040. The molecule has 3 aromatic rings. The minimum atomic E-state index is -0.363. The van der Waals surface area contributed by atoms with Crippen molar-refractivity contribution in [3.63, 3.8) is 0 Å². The van der Waals surface area contributed by atoms with Crippen LogP contribution in [0.1, 0.15) is 46.2 Å². The lowest BCUT2D eigenvalue weighted by atomic mass is 9.94. The standard InChI is InChI=1S/C18H19N5O3/c1-10-8-13(15-11(2)22-26-16(15)20-10)17(24)23-7-3-4-12(9-23)14-5-6-19-18(25)21-14/h5-6,8,12H,3-4,7,9H2,1-2H3,(H,19,21,25)/t12-/m0/s1. The summed E-state index contributed by atoms with van der Waals surface area (Å²) in [4.78, 5) is 37.3. The molecule has 134 valence electrons. The van der Waals surface area contributed by atoms with E-state index >= 15 is 0 Å². The van der Waals surface area contributed by atoms with Crippen LogP contribution in [0.2, 0.25) is 0 Å². The van der Waals surface area contributed by atoms with Gasteiger partial charge in [0, 0.05) is 36.6 Å². The van der Waals surface area contributed by atoms with Crippen LogP contribution in [0.4, 0.5) is 0 Å². The second-order valence-corrected chi connectivity index (χ2v) is 6.68. The van der Waals surface area contributed by atoms with Gasteiger partial charge in [-0.2, -0.15) is 0 Å². The molecule has 8 heteroatoms. The normalized spacial score (nSPS) is 17.6. The quantitative estimate of drug-likeness (QED) is 0.755. The highest BCUT2D eigenvalue weighted by atomic mass is 16.5. The summed E-state index contributed by atoms with van der Waals surface area (Å²) in [6, 6.07) is 3.59. The highest BCUT2D eigenvalue weighted by molar-refractivity contribution is 6.06. The van der Waals surface area contributed by atoms with E-state index in [0.717, 1.165) is 18.5 Å². The molecule has 4 rings (SSSR count). The van der Waals surface area contributed by atoms with Gasteiger partial charge in [-0.3, -0.25) is 4.79 Å². The fraction of sp³-hybridized carbons (Fsp3) is 0.389. The van der Waals surface area contributed by atoms with Crippen LogP contribution in [0.15, 0.2) is 27.6 Å². The second-order valence-electron chi connectivity index (χ2n) is 6.68. The molecular formula is C18H19N5O3. The molecule has 0 aliphatic carbocycles. The number of amides is 1. The molecule has 1 amide bonds. The number of nitrogens with one attached hydrogen (secondary N) is 1. The fourth-order valence-corrected chi connectivity index (χ4v) is 3.59. The molecule has 0 bridgehead atoms. The Morgan fingerprint density at radius 1 is 1.38 bits per heavy atom. The van der Waals surface area contributed by atoms with Crippen molar-refractivity contribution in [1.82, 2.24) is 25.0 Å². The molecule has 4 heterocycles. The SMILES string of the molecule is Cc1cc(C(=O)N2CCC[C@H](c3ccnc(=O)[nH]3)C2)c2c(C)noc2n1. The third-order valence-corrected chi connectivity index (χ3v) is 4.82. The molecule has 0 radical (unpaired) electrons. The largest absolute Gasteiger partial charge is 0.345 e. The van der Waals surface area contributed by atoms with Crippen molar-refractivity contribution in [3.05, 3.63) is 51.5 Å². The van der Waals surface area contributed by atoms with Gasteiger partial charge in [-0.05, 0) is 38.8 Å². The molecule has 1 saturated heterocycles. The maximum absolute atomic E-state index is 13.2. The first-order valence-corrected chi connectivity index (χ1v) is 8.61. The molecule has 1 aliphatic rings. The van der Waals surface area contributed by atoms with E-state index < -0.39 is 0 Å². The van der Waals surface area contributed by atoms with Gasteiger partial charge in [-0.15, -0.1) is 0 Å². The van der Waals surface area contributed by atoms with E-state index in [0.29, 0.717) is 41.1 Å². The Kier molecular flexibility index (Phi) is 4.02. The van der Waals surface area contributed by atoms with Gasteiger partial charge in [-0.1, -0.05) is 5.16 Å². The molecule has 0 aromatic carbocycles. The lowest BCUT2D eigenvalue weighted by molar-refractivity contribution is 0.0707. The summed E-state index contributed by atoms with van der Waals surface area (Å²) in [6.07, 6.45) is 3.29. The maximum Gasteiger partial charge on any atom is 0.345 e. The zero-order valence-corrected chi connectivity index (χ0v) is 14.7. The summed E-state index contributed by atoms with van der Waals surface area (Å²) in [7, 11) is 0. The fourth-order valence-electron chi connectivity index (χ4n) is 3.59. The second kappa shape index (κ2) is 6.36. The van der Waals surface area contributed by atoms with Crippen LogP contribution < -0.4 is 5.69 Å². The minimum Gasteiger partial charge on any atom is -0.338 e. The zero-order chi connectivity index (χ0) is 18.3. The highest BCUT2D eigenvalue weighted by Gasteiger charge is 2.28. The van der Waals surface area contributed by atoms with Crippen molar-refractivity contribution < 1.29 is 9.32 Å². The Morgan fingerprint density at radius 2 is 2.23 bits per heavy atom. The van der Waals surface area contributed by atoms with Crippen molar-refractivity contribution in [1.29, 1.82) is 0 Å². The van der Waals surface area contributed by atoms with Crippen molar-refractivity contribution in [3.8, 4) is 0 Å². The number of aromatic amines is 1. The zero-order valence-electron chi connectivity index (χ0n) is 14.7. The van der Waals surface area contributed by atoms with E-state index in [9.17, 15) is 9.59 Å². The average molecular weight is 353 g/mol. The van der Waals surface area contributed by atoms with Gasteiger partial charge in [-0.25, -0.2) is 14.8 Å². The number of pyridine rings is 1. The summed E-state index contributed by atoms with van der Waals surface area (Å²) in [5, 5.41) is 4.61. The van der Waals surface area contributed by atoms with Crippen LogP contribution in [-0.2, 0) is 0 Å². The van der Waals surface area contributed by atoms with E-state index in [2.05, 4.69) is 20.1 Å². The van der Waals surface area contributed by atoms with Crippen LogP contribution in [-0.4, -0.2) is 44.0 Å². The number of aryl methyl sites for hydroxylation is 2. The Labute approximate surface area is 149 Å². The number of piperidine rings is 1. The average Bonchev–Trinajstić information content (AvgIpc) is 3.01. The Balaban J connectivity index is 1.66. The number of nitrogens with zero attached hydrogens (tertiary/aromatic N) is 4. The Hall–Kier alpha value is -3.03. The molecule has 1 N–H and O–H groups in total. The van der Waals surface area contributed by atoms with Crippen LogP contribution >= 0.6 is 0 Å². The summed E-state index contributed by atoms with van der Waals surface area (Å²) in [5.41, 5.74) is 2.78. The number of rotatable bonds is 2. The predicted octanol–water partition coefficient (Wildman–Crippen LogP) is 1.94. The van der Waals surface area contributed by atoms with Gasteiger partial charge in [0.2, 0.25) is 0 Å². The van der Waals surface area contributed by atoms with E-state index in [4.69, 9.17) is 4.52 Å². The molecule has 3 aromatic heterocycles. The van der Waals surface area contributed by atoms with Crippen molar-refractivity contribution >= 4 is 17.0 Å². The highest BCUT2D eigenvalue weighted by Crippen LogP contribution is 2.28. The number of H-pyrrole nitrogens is 1. The van der Waals surface area contributed by atoms with Gasteiger partial charge in [0.05, 0.1) is 16.6 Å². The molecule has 1 fully saturated rings. The molecule has 0 unspecified atom stereocenters. The smallest absolute Gasteiger partial charge is 0.338 e. The van der Waals surface area contributed by atoms with Crippen LogP contribution in [0.3, 0.4) is 0 Å². The number of hydrogen-bond donors (Lipinski definition) is 1. The lowest BCUT2D eigenvalue weighted by Crippen LogP contribution is -2.39. The van der Waals surface area contributed by atoms with E-state index in [-0.39, 0.29) is 17.5 Å². The number of hydrogen-bond acceptors (Lipinski definition) is 6. The molecule has 8 nitrogen and oxygen atoms in total. The molecule has 1 aliphatic heterocycles. The van der Waals surface area contributed by atoms with Crippen LogP contribution in [0.25, 0.3) is 11.1 Å². The number of fused-ring (bicyclic) bond motifs is 1. The van der Waals surface area contributed by atoms with E-state index in [1.54, 1.807) is 19.1 Å². The van der Waals surface area contributed by atoms with Crippen molar-refractivity contribution in [2.75, 3.05) is 13.1 Å². The first kappa shape index (κ1) is 16.4. The predicted molar refractivity (Wildman–Crippen MR) is 94.0 cm³/mol. The van der Waals surface area contributed by atoms with E-state index in [1.165, 1.54) is 6.20 Å². The number of carbonyl (C=O) groups excluding carboxylic acids is 1. The van der Waals surface area contributed by atoms with Crippen LogP contribution in [0, 0.1) is 13.8 Å². The number of carbonyl (C=O) groups is 1. The summed E-state index contributed by atoms with van der Waals surface area (Å²) < 4.78 is 5.23. The first-order chi connectivity index (χ1) is 12.5. The Morgan fingerprint density at radius 3 is 3.04 bits per heavy atom. The van der Waals surface area contributed by atoms with Gasteiger partial charge >= 0.3 is 5.69 Å². The number of aromatic nitrogens is 4. The molecule has 0 saturated carbocycles. The molecule has 0 spiro atoms. The number of likely N-dealkylation sites (tertiary alicyclic amines) is 1. The van der Waals surface area contributed by atoms with Gasteiger partial charge < -0.3 is 14.4 Å².